The fraction of sp³-hybridized carbons (Fsp3) is 0.0833. The zero-order valence-electron chi connectivity index (χ0n) is 17.5. The first-order valence-corrected chi connectivity index (χ1v) is 10.1. The average molecular weight is 466 g/mol. The van der Waals surface area contributed by atoms with Crippen molar-refractivity contribution in [3.8, 4) is 22.4 Å². The van der Waals surface area contributed by atoms with E-state index in [9.17, 15) is 28.1 Å². The van der Waals surface area contributed by atoms with Crippen LogP contribution < -0.4 is 5.32 Å². The molecule has 7 nitrogen and oxygen atoms in total. The standard InChI is InChI=1S/C24H17F3N4O3/c25-24(26,27)17-9-7-16(8-10-17)22-21(18-5-1-2-6-20(18)31(33)34)19(14-29-22)23(32)30-13-15-4-3-11-28-12-15/h1-12,14,29H,13H2,(H,30,32). The molecule has 0 unspecified atom stereocenters. The Hall–Kier alpha value is -4.47. The molecule has 4 rings (SSSR count). The van der Waals surface area contributed by atoms with Gasteiger partial charge in [0, 0.05) is 36.8 Å². The van der Waals surface area contributed by atoms with Gasteiger partial charge in [0.2, 0.25) is 0 Å². The summed E-state index contributed by atoms with van der Waals surface area (Å²) in [5.74, 6) is -0.508. The van der Waals surface area contributed by atoms with E-state index in [0.29, 0.717) is 5.56 Å². The Bertz CT molecular complexity index is 1330. The van der Waals surface area contributed by atoms with Gasteiger partial charge in [0.1, 0.15) is 0 Å². The number of nitro benzene ring substituents is 1. The van der Waals surface area contributed by atoms with Gasteiger partial charge < -0.3 is 10.3 Å². The van der Waals surface area contributed by atoms with Crippen LogP contribution in [0.5, 0.6) is 0 Å². The summed E-state index contributed by atoms with van der Waals surface area (Å²) < 4.78 is 39.0. The van der Waals surface area contributed by atoms with E-state index in [0.717, 1.165) is 17.7 Å². The van der Waals surface area contributed by atoms with E-state index >= 15 is 0 Å². The first-order chi connectivity index (χ1) is 16.3. The number of para-hydroxylation sites is 1. The summed E-state index contributed by atoms with van der Waals surface area (Å²) in [5.41, 5.74) is 0.809. The molecule has 2 aromatic heterocycles. The van der Waals surface area contributed by atoms with E-state index in [4.69, 9.17) is 0 Å². The van der Waals surface area contributed by atoms with E-state index < -0.39 is 22.6 Å². The van der Waals surface area contributed by atoms with Crippen molar-refractivity contribution in [1.82, 2.24) is 15.3 Å². The van der Waals surface area contributed by atoms with Gasteiger partial charge in [0.05, 0.1) is 27.3 Å². The highest BCUT2D eigenvalue weighted by Crippen LogP contribution is 2.40. The number of aromatic amines is 1. The number of carbonyl (C=O) groups excluding carboxylic acids is 1. The molecule has 0 aliphatic carbocycles. The third-order valence-electron chi connectivity index (χ3n) is 5.17. The predicted molar refractivity (Wildman–Crippen MR) is 119 cm³/mol. The summed E-state index contributed by atoms with van der Waals surface area (Å²) in [5, 5.41) is 14.4. The van der Waals surface area contributed by atoms with E-state index in [1.165, 1.54) is 36.5 Å². The third kappa shape index (κ3) is 4.65. The quantitative estimate of drug-likeness (QED) is 0.285. The summed E-state index contributed by atoms with van der Waals surface area (Å²) in [6, 6.07) is 13.7. The fourth-order valence-corrected chi connectivity index (χ4v) is 3.56. The van der Waals surface area contributed by atoms with E-state index in [1.54, 1.807) is 30.6 Å². The van der Waals surface area contributed by atoms with Crippen molar-refractivity contribution < 1.29 is 22.9 Å². The summed E-state index contributed by atoms with van der Waals surface area (Å²) in [7, 11) is 0. The Morgan fingerprint density at radius 2 is 1.79 bits per heavy atom. The Balaban J connectivity index is 1.79. The Labute approximate surface area is 191 Å². The van der Waals surface area contributed by atoms with E-state index in [1.807, 2.05) is 0 Å². The minimum atomic E-state index is -4.51. The number of hydrogen-bond acceptors (Lipinski definition) is 4. The fourth-order valence-electron chi connectivity index (χ4n) is 3.56. The van der Waals surface area contributed by atoms with Gasteiger partial charge in [-0.25, -0.2) is 0 Å². The second kappa shape index (κ2) is 9.18. The molecule has 0 aliphatic rings. The van der Waals surface area contributed by atoms with Crippen molar-refractivity contribution in [2.45, 2.75) is 12.7 Å². The molecule has 0 spiro atoms. The maximum Gasteiger partial charge on any atom is 0.416 e. The van der Waals surface area contributed by atoms with Gasteiger partial charge in [-0.2, -0.15) is 13.2 Å². The molecule has 1 amide bonds. The highest BCUT2D eigenvalue weighted by atomic mass is 19.4. The molecule has 172 valence electrons. The number of pyridine rings is 1. The van der Waals surface area contributed by atoms with Crippen LogP contribution in [0.15, 0.2) is 79.3 Å². The summed E-state index contributed by atoms with van der Waals surface area (Å²) in [4.78, 5) is 31.1. The lowest BCUT2D eigenvalue weighted by Crippen LogP contribution is -2.23. The van der Waals surface area contributed by atoms with E-state index in [2.05, 4.69) is 15.3 Å². The van der Waals surface area contributed by atoms with Crippen LogP contribution in [0.1, 0.15) is 21.5 Å². The number of H-pyrrole nitrogens is 1. The predicted octanol–water partition coefficient (Wildman–Crippen LogP) is 5.60. The zero-order chi connectivity index (χ0) is 24.3. The lowest BCUT2D eigenvalue weighted by Gasteiger charge is -2.11. The number of nitrogens with one attached hydrogen (secondary N) is 2. The number of rotatable bonds is 6. The third-order valence-corrected chi connectivity index (χ3v) is 5.17. The summed E-state index contributed by atoms with van der Waals surface area (Å²) in [6.45, 7) is 0.170. The van der Waals surface area contributed by atoms with Crippen LogP contribution in [0.4, 0.5) is 18.9 Å². The van der Waals surface area contributed by atoms with Gasteiger partial charge in [0.25, 0.3) is 11.6 Å². The number of benzene rings is 2. The maximum absolute atomic E-state index is 13.1. The molecule has 0 radical (unpaired) electrons. The molecule has 0 fully saturated rings. The average Bonchev–Trinajstić information content (AvgIpc) is 3.28. The number of carbonyl (C=O) groups is 1. The second-order valence-electron chi connectivity index (χ2n) is 7.35. The number of nitrogens with zero attached hydrogens (tertiary/aromatic N) is 2. The van der Waals surface area contributed by atoms with Crippen LogP contribution in [0.3, 0.4) is 0 Å². The topological polar surface area (TPSA) is 101 Å². The molecule has 0 saturated carbocycles. The van der Waals surface area contributed by atoms with Gasteiger partial charge in [-0.15, -0.1) is 0 Å². The van der Waals surface area contributed by atoms with E-state index in [-0.39, 0.29) is 34.6 Å². The Morgan fingerprint density at radius 1 is 1.06 bits per heavy atom. The van der Waals surface area contributed by atoms with Crippen LogP contribution in [0.25, 0.3) is 22.4 Å². The minimum absolute atomic E-state index is 0.119. The van der Waals surface area contributed by atoms with Crippen LogP contribution in [-0.4, -0.2) is 20.8 Å². The number of halogens is 3. The molecular formula is C24H17F3N4O3. The lowest BCUT2D eigenvalue weighted by atomic mass is 9.95. The highest BCUT2D eigenvalue weighted by Gasteiger charge is 2.31. The molecule has 2 aromatic carbocycles. The van der Waals surface area contributed by atoms with Crippen LogP contribution in [0, 0.1) is 10.1 Å². The smallest absolute Gasteiger partial charge is 0.360 e. The van der Waals surface area contributed by atoms with Gasteiger partial charge in [-0.3, -0.25) is 19.9 Å². The Kier molecular flexibility index (Phi) is 6.13. The van der Waals surface area contributed by atoms with Gasteiger partial charge in [-0.05, 0) is 35.4 Å². The minimum Gasteiger partial charge on any atom is -0.360 e. The molecule has 0 aliphatic heterocycles. The highest BCUT2D eigenvalue weighted by molar-refractivity contribution is 6.05. The molecule has 34 heavy (non-hydrogen) atoms. The van der Waals surface area contributed by atoms with Gasteiger partial charge in [0.15, 0.2) is 0 Å². The van der Waals surface area contributed by atoms with Crippen molar-refractivity contribution in [3.63, 3.8) is 0 Å². The first kappa shape index (κ1) is 22.7. The SMILES string of the molecule is O=C(NCc1cccnc1)c1c[nH]c(-c2ccc(C(F)(F)F)cc2)c1-c1ccccc1[N+](=O)[O-]. The monoisotopic (exact) mass is 466 g/mol. The first-order valence-electron chi connectivity index (χ1n) is 10.1. The largest absolute Gasteiger partial charge is 0.416 e. The van der Waals surface area contributed by atoms with Crippen molar-refractivity contribution in [2.75, 3.05) is 0 Å². The number of hydrogen-bond donors (Lipinski definition) is 2. The van der Waals surface area contributed by atoms with Crippen molar-refractivity contribution in [2.24, 2.45) is 0 Å². The zero-order valence-corrected chi connectivity index (χ0v) is 17.5. The molecule has 10 heteroatoms. The van der Waals surface area contributed by atoms with Gasteiger partial charge >= 0.3 is 6.18 Å². The van der Waals surface area contributed by atoms with Crippen molar-refractivity contribution >= 4 is 11.6 Å². The normalized spacial score (nSPS) is 11.3. The maximum atomic E-state index is 13.1. The molecule has 4 aromatic rings. The summed E-state index contributed by atoms with van der Waals surface area (Å²) in [6.07, 6.45) is 0.0682. The summed E-state index contributed by atoms with van der Waals surface area (Å²) >= 11 is 0. The van der Waals surface area contributed by atoms with Crippen molar-refractivity contribution in [1.29, 1.82) is 0 Å². The molecule has 0 atom stereocenters. The van der Waals surface area contributed by atoms with Crippen LogP contribution >= 0.6 is 0 Å². The molecule has 0 bridgehead atoms. The second-order valence-corrected chi connectivity index (χ2v) is 7.35. The van der Waals surface area contributed by atoms with Crippen LogP contribution in [0.2, 0.25) is 0 Å². The molecule has 2 N–H and O–H groups in total. The molecular weight excluding hydrogens is 449 g/mol. The lowest BCUT2D eigenvalue weighted by molar-refractivity contribution is -0.384. The molecule has 2 heterocycles. The number of aromatic nitrogens is 2. The Morgan fingerprint density at radius 3 is 2.44 bits per heavy atom. The van der Waals surface area contributed by atoms with Gasteiger partial charge in [-0.1, -0.05) is 30.3 Å². The van der Waals surface area contributed by atoms with Crippen LogP contribution in [-0.2, 0) is 12.7 Å². The molecule has 0 saturated heterocycles. The van der Waals surface area contributed by atoms with Crippen molar-refractivity contribution in [3.05, 3.63) is 106 Å². The number of alkyl halides is 3. The number of nitro groups is 1. The number of amides is 1.